The molecule has 0 fully saturated rings. The van der Waals surface area contributed by atoms with Gasteiger partial charge in [0.05, 0.1) is 18.8 Å². The van der Waals surface area contributed by atoms with Crippen LogP contribution in [0.2, 0.25) is 0 Å². The number of nitrogens with one attached hydrogen (secondary N) is 1. The monoisotopic (exact) mass is 535 g/mol. The van der Waals surface area contributed by atoms with Crippen LogP contribution in [0.25, 0.3) is 0 Å². The van der Waals surface area contributed by atoms with Crippen LogP contribution >= 0.6 is 0 Å². The SMILES string of the molecule is CCCCCCCC/C=C\CCCCCCCCCC(=O)NC(CO)C(O)/C=C/CCCCCCCCC. The van der Waals surface area contributed by atoms with Crippen molar-refractivity contribution in [3.8, 4) is 0 Å². The second-order valence-electron chi connectivity index (χ2n) is 11.2. The van der Waals surface area contributed by atoms with Crippen molar-refractivity contribution in [2.75, 3.05) is 6.61 Å². The molecule has 0 radical (unpaired) electrons. The van der Waals surface area contributed by atoms with Crippen LogP contribution in [0.3, 0.4) is 0 Å². The maximum Gasteiger partial charge on any atom is 0.220 e. The summed E-state index contributed by atoms with van der Waals surface area (Å²) in [6.45, 7) is 4.26. The lowest BCUT2D eigenvalue weighted by Gasteiger charge is -2.20. The van der Waals surface area contributed by atoms with Crippen LogP contribution in [0.15, 0.2) is 24.3 Å². The molecule has 0 aromatic carbocycles. The van der Waals surface area contributed by atoms with Gasteiger partial charge in [-0.3, -0.25) is 4.79 Å². The predicted molar refractivity (Wildman–Crippen MR) is 165 cm³/mol. The summed E-state index contributed by atoms with van der Waals surface area (Å²) < 4.78 is 0. The van der Waals surface area contributed by atoms with Gasteiger partial charge in [-0.15, -0.1) is 0 Å². The second-order valence-corrected chi connectivity index (χ2v) is 11.2. The summed E-state index contributed by atoms with van der Waals surface area (Å²) >= 11 is 0. The molecular weight excluding hydrogens is 470 g/mol. The summed E-state index contributed by atoms with van der Waals surface area (Å²) in [5, 5.41) is 22.7. The minimum Gasteiger partial charge on any atom is -0.394 e. The Morgan fingerprint density at radius 1 is 0.605 bits per heavy atom. The average Bonchev–Trinajstić information content (AvgIpc) is 2.92. The summed E-state index contributed by atoms with van der Waals surface area (Å²) in [5.74, 6) is -0.0728. The molecule has 224 valence electrons. The van der Waals surface area contributed by atoms with Crippen molar-refractivity contribution in [3.05, 3.63) is 24.3 Å². The molecule has 0 aliphatic heterocycles. The number of hydrogen-bond donors (Lipinski definition) is 3. The molecule has 0 spiro atoms. The first kappa shape index (κ1) is 36.9. The fourth-order valence-corrected chi connectivity index (χ4v) is 4.82. The zero-order valence-corrected chi connectivity index (χ0v) is 25.4. The molecule has 0 heterocycles. The van der Waals surface area contributed by atoms with Gasteiger partial charge >= 0.3 is 0 Å². The number of hydrogen-bond acceptors (Lipinski definition) is 3. The van der Waals surface area contributed by atoms with Crippen LogP contribution in [0, 0.1) is 0 Å². The molecule has 0 aliphatic rings. The number of carbonyl (C=O) groups is 1. The highest BCUT2D eigenvalue weighted by molar-refractivity contribution is 5.76. The lowest BCUT2D eigenvalue weighted by molar-refractivity contribution is -0.123. The largest absolute Gasteiger partial charge is 0.394 e. The van der Waals surface area contributed by atoms with E-state index in [9.17, 15) is 15.0 Å². The molecule has 4 heteroatoms. The van der Waals surface area contributed by atoms with Crippen LogP contribution in [-0.2, 0) is 4.79 Å². The summed E-state index contributed by atoms with van der Waals surface area (Å²) in [7, 11) is 0. The Morgan fingerprint density at radius 2 is 1.00 bits per heavy atom. The van der Waals surface area contributed by atoms with Crippen molar-refractivity contribution in [3.63, 3.8) is 0 Å². The fourth-order valence-electron chi connectivity index (χ4n) is 4.82. The quantitative estimate of drug-likeness (QED) is 0.0660. The Kier molecular flexibility index (Phi) is 29.5. The minimum atomic E-state index is -0.834. The fraction of sp³-hybridized carbons (Fsp3) is 0.853. The zero-order valence-electron chi connectivity index (χ0n) is 25.4. The van der Waals surface area contributed by atoms with Crippen LogP contribution in [0.5, 0.6) is 0 Å². The summed E-state index contributed by atoms with van der Waals surface area (Å²) in [5.41, 5.74) is 0. The van der Waals surface area contributed by atoms with Crippen molar-refractivity contribution in [1.82, 2.24) is 5.32 Å². The highest BCUT2D eigenvalue weighted by Gasteiger charge is 2.17. The zero-order chi connectivity index (χ0) is 27.9. The smallest absolute Gasteiger partial charge is 0.220 e. The first-order valence-corrected chi connectivity index (χ1v) is 16.6. The minimum absolute atomic E-state index is 0.0728. The van der Waals surface area contributed by atoms with Gasteiger partial charge < -0.3 is 15.5 Å². The third kappa shape index (κ3) is 26.5. The molecule has 1 amide bonds. The standard InChI is InChI=1S/C34H65NO3/c1-3-5-7-9-11-13-14-15-16-17-18-19-20-22-24-26-28-30-34(38)35-32(31-36)33(37)29-27-25-23-21-12-10-8-6-4-2/h15-16,27,29,32-33,36-37H,3-14,17-26,28,30-31H2,1-2H3,(H,35,38)/b16-15-,29-27+. The molecule has 4 nitrogen and oxygen atoms in total. The van der Waals surface area contributed by atoms with Gasteiger partial charge in [0.2, 0.25) is 5.91 Å². The normalized spacial score (nSPS) is 13.5. The summed E-state index contributed by atoms with van der Waals surface area (Å²) in [6, 6.07) is -0.618. The number of unbranched alkanes of at least 4 members (excludes halogenated alkanes) is 20. The van der Waals surface area contributed by atoms with E-state index in [1.165, 1.54) is 122 Å². The van der Waals surface area contributed by atoms with Gasteiger partial charge in [-0.1, -0.05) is 141 Å². The highest BCUT2D eigenvalue weighted by Crippen LogP contribution is 2.12. The topological polar surface area (TPSA) is 69.6 Å². The predicted octanol–water partition coefficient (Wildman–Crippen LogP) is 9.34. The molecule has 0 aromatic rings. The number of amides is 1. The molecule has 0 bridgehead atoms. The first-order valence-electron chi connectivity index (χ1n) is 16.6. The molecule has 2 atom stereocenters. The highest BCUT2D eigenvalue weighted by atomic mass is 16.3. The number of aliphatic hydroxyl groups is 2. The third-order valence-electron chi connectivity index (χ3n) is 7.43. The summed E-state index contributed by atoms with van der Waals surface area (Å²) in [4.78, 5) is 12.2. The first-order chi connectivity index (χ1) is 18.7. The number of aliphatic hydroxyl groups excluding tert-OH is 2. The Morgan fingerprint density at radius 3 is 1.45 bits per heavy atom. The van der Waals surface area contributed by atoms with Gasteiger partial charge in [0.1, 0.15) is 0 Å². The van der Waals surface area contributed by atoms with E-state index in [4.69, 9.17) is 0 Å². The maximum absolute atomic E-state index is 12.2. The Labute approximate surface area is 237 Å². The van der Waals surface area contributed by atoms with E-state index in [0.29, 0.717) is 6.42 Å². The van der Waals surface area contributed by atoms with Gasteiger partial charge in [0, 0.05) is 6.42 Å². The third-order valence-corrected chi connectivity index (χ3v) is 7.43. The van der Waals surface area contributed by atoms with E-state index in [-0.39, 0.29) is 12.5 Å². The lowest BCUT2D eigenvalue weighted by Crippen LogP contribution is -2.45. The number of carbonyl (C=O) groups excluding carboxylic acids is 1. The lowest BCUT2D eigenvalue weighted by atomic mass is 10.1. The van der Waals surface area contributed by atoms with E-state index in [1.54, 1.807) is 6.08 Å². The Balaban J connectivity index is 3.62. The van der Waals surface area contributed by atoms with Crippen molar-refractivity contribution in [2.24, 2.45) is 0 Å². The molecular formula is C34H65NO3. The molecule has 0 aromatic heterocycles. The molecule has 0 saturated heterocycles. The van der Waals surface area contributed by atoms with E-state index >= 15 is 0 Å². The molecule has 0 aliphatic carbocycles. The van der Waals surface area contributed by atoms with Crippen molar-refractivity contribution < 1.29 is 15.0 Å². The van der Waals surface area contributed by atoms with E-state index in [0.717, 1.165) is 25.7 Å². The molecule has 3 N–H and O–H groups in total. The van der Waals surface area contributed by atoms with Crippen molar-refractivity contribution in [1.29, 1.82) is 0 Å². The number of allylic oxidation sites excluding steroid dienone is 3. The van der Waals surface area contributed by atoms with Gasteiger partial charge in [-0.05, 0) is 44.9 Å². The second kappa shape index (κ2) is 30.4. The Bertz CT molecular complexity index is 546. The molecule has 2 unspecified atom stereocenters. The van der Waals surface area contributed by atoms with E-state index in [1.807, 2.05) is 6.08 Å². The van der Waals surface area contributed by atoms with Gasteiger partial charge in [-0.25, -0.2) is 0 Å². The molecule has 0 saturated carbocycles. The summed E-state index contributed by atoms with van der Waals surface area (Å²) in [6.07, 6.45) is 36.8. The van der Waals surface area contributed by atoms with Gasteiger partial charge in [0.15, 0.2) is 0 Å². The van der Waals surface area contributed by atoms with Crippen LogP contribution < -0.4 is 5.32 Å². The molecule has 38 heavy (non-hydrogen) atoms. The molecule has 0 rings (SSSR count). The van der Waals surface area contributed by atoms with Crippen molar-refractivity contribution in [2.45, 2.75) is 180 Å². The van der Waals surface area contributed by atoms with E-state index in [2.05, 4.69) is 31.3 Å². The maximum atomic E-state index is 12.2. The van der Waals surface area contributed by atoms with Gasteiger partial charge in [0.25, 0.3) is 0 Å². The van der Waals surface area contributed by atoms with Crippen molar-refractivity contribution >= 4 is 5.91 Å². The number of rotatable bonds is 29. The van der Waals surface area contributed by atoms with E-state index < -0.39 is 12.1 Å². The van der Waals surface area contributed by atoms with Crippen LogP contribution in [0.1, 0.15) is 168 Å². The Hall–Kier alpha value is -1.13. The average molecular weight is 536 g/mol. The van der Waals surface area contributed by atoms with Crippen LogP contribution in [-0.4, -0.2) is 34.9 Å². The van der Waals surface area contributed by atoms with Gasteiger partial charge in [-0.2, -0.15) is 0 Å². The van der Waals surface area contributed by atoms with Crippen LogP contribution in [0.4, 0.5) is 0 Å².